The normalized spacial score (nSPS) is 26.1. The van der Waals surface area contributed by atoms with E-state index in [1.54, 1.807) is 0 Å². The zero-order valence-corrected chi connectivity index (χ0v) is 43.0. The van der Waals surface area contributed by atoms with E-state index in [0.29, 0.717) is 13.0 Å². The maximum absolute atomic E-state index is 13.0. The van der Waals surface area contributed by atoms with Crippen LogP contribution in [0.5, 0.6) is 0 Å². The fourth-order valence-electron chi connectivity index (χ4n) is 8.12. The predicted octanol–water partition coefficient (Wildman–Crippen LogP) is 8.69. The molecule has 2 aliphatic rings. The number of rotatable bonds is 42. The van der Waals surface area contributed by atoms with Crippen molar-refractivity contribution in [3.63, 3.8) is 0 Å². The van der Waals surface area contributed by atoms with Crippen molar-refractivity contribution in [2.45, 2.75) is 242 Å². The zero-order chi connectivity index (χ0) is 50.9. The van der Waals surface area contributed by atoms with Crippen molar-refractivity contribution in [2.75, 3.05) is 33.0 Å². The third-order valence-corrected chi connectivity index (χ3v) is 12.5. The van der Waals surface area contributed by atoms with Crippen LogP contribution in [-0.4, -0.2) is 142 Å². The van der Waals surface area contributed by atoms with Gasteiger partial charge in [-0.1, -0.05) is 183 Å². The number of esters is 1. The molecule has 0 bridgehead atoms. The molecular weight excluding hydrogens is 897 g/mol. The smallest absolute Gasteiger partial charge is 0.306 e. The molecule has 0 aliphatic carbocycles. The van der Waals surface area contributed by atoms with Gasteiger partial charge in [-0.15, -0.1) is 0 Å². The van der Waals surface area contributed by atoms with Gasteiger partial charge < -0.3 is 64.2 Å². The van der Waals surface area contributed by atoms with Gasteiger partial charge in [0, 0.05) is 13.0 Å². The first-order valence-corrected chi connectivity index (χ1v) is 27.0. The molecule has 2 heterocycles. The van der Waals surface area contributed by atoms with Crippen molar-refractivity contribution in [3.05, 3.63) is 72.9 Å². The van der Waals surface area contributed by atoms with Crippen molar-refractivity contribution in [3.8, 4) is 0 Å². The summed E-state index contributed by atoms with van der Waals surface area (Å²) in [5.74, 6) is -0.396. The van der Waals surface area contributed by atoms with Gasteiger partial charge in [0.25, 0.3) is 0 Å². The Morgan fingerprint density at radius 3 is 1.40 bits per heavy atom. The van der Waals surface area contributed by atoms with Gasteiger partial charge in [-0.3, -0.25) is 4.79 Å². The minimum Gasteiger partial charge on any atom is -0.457 e. The average Bonchev–Trinajstić information content (AvgIpc) is 3.36. The van der Waals surface area contributed by atoms with E-state index in [9.17, 15) is 40.5 Å². The first-order valence-electron chi connectivity index (χ1n) is 27.0. The first kappa shape index (κ1) is 63.5. The quantitative estimate of drug-likeness (QED) is 0.0173. The first-order chi connectivity index (χ1) is 34.1. The molecule has 14 heteroatoms. The van der Waals surface area contributed by atoms with Crippen molar-refractivity contribution < 1.29 is 69.0 Å². The third-order valence-electron chi connectivity index (χ3n) is 12.5. The zero-order valence-electron chi connectivity index (χ0n) is 43.0. The molecule has 2 fully saturated rings. The molecule has 404 valence electrons. The molecule has 2 rings (SSSR count). The van der Waals surface area contributed by atoms with Gasteiger partial charge in [-0.25, -0.2) is 0 Å². The topological polar surface area (TPSA) is 214 Å². The Morgan fingerprint density at radius 1 is 0.486 bits per heavy atom. The maximum Gasteiger partial charge on any atom is 0.306 e. The summed E-state index contributed by atoms with van der Waals surface area (Å²) < 4.78 is 34.2. The molecule has 70 heavy (non-hydrogen) atoms. The van der Waals surface area contributed by atoms with Crippen LogP contribution >= 0.6 is 0 Å². The van der Waals surface area contributed by atoms with Gasteiger partial charge in [0.05, 0.1) is 26.4 Å². The summed E-state index contributed by atoms with van der Waals surface area (Å²) in [5, 5.41) is 72.2. The van der Waals surface area contributed by atoms with E-state index in [1.165, 1.54) is 77.0 Å². The minimum absolute atomic E-state index is 0.0199. The molecule has 2 saturated heterocycles. The Morgan fingerprint density at radius 2 is 0.914 bits per heavy atom. The summed E-state index contributed by atoms with van der Waals surface area (Å²) in [6, 6.07) is 0. The molecule has 11 atom stereocenters. The monoisotopic (exact) mass is 993 g/mol. The lowest BCUT2D eigenvalue weighted by Gasteiger charge is -2.42. The van der Waals surface area contributed by atoms with Crippen LogP contribution < -0.4 is 0 Å². The average molecular weight is 993 g/mol. The van der Waals surface area contributed by atoms with Gasteiger partial charge in [0.15, 0.2) is 12.6 Å². The van der Waals surface area contributed by atoms with E-state index >= 15 is 0 Å². The van der Waals surface area contributed by atoms with Crippen LogP contribution in [0.15, 0.2) is 72.9 Å². The summed E-state index contributed by atoms with van der Waals surface area (Å²) in [5.41, 5.74) is 0. The fourth-order valence-corrected chi connectivity index (χ4v) is 8.12. The number of carbonyl (C=O) groups is 1. The van der Waals surface area contributed by atoms with Crippen molar-refractivity contribution in [2.24, 2.45) is 0 Å². The molecule has 7 N–H and O–H groups in total. The lowest BCUT2D eigenvalue weighted by atomic mass is 9.98. The van der Waals surface area contributed by atoms with Gasteiger partial charge in [0.1, 0.15) is 54.9 Å². The maximum atomic E-state index is 13.0. The lowest BCUT2D eigenvalue weighted by molar-refractivity contribution is -0.332. The summed E-state index contributed by atoms with van der Waals surface area (Å²) in [6.07, 6.45) is 36.8. The molecule has 14 nitrogen and oxygen atoms in total. The molecule has 2 aliphatic heterocycles. The molecule has 0 aromatic heterocycles. The number of hydrogen-bond donors (Lipinski definition) is 7. The standard InChI is InChI=1S/C56H96O14/c1-3-5-7-9-11-13-15-17-19-21-22-23-24-26-28-30-32-34-36-38-40-65-42-45(68-48(58)39-37-35-33-31-29-27-25-20-18-16-14-12-10-8-6-4-2)43-66-55-54(64)52(62)50(60)47(70-55)44-67-56-53(63)51(61)49(59)46(41-57)69-56/h5,7,11,13,17,19,22-23,26,28,32,34,45-47,49-57,59-64H,3-4,6,8-10,12,14-16,18,20-21,24-25,27,29-31,33,35-44H2,1-2H3/b7-5-,13-11-,19-17-,23-22-,28-26-,34-32-. The summed E-state index contributed by atoms with van der Waals surface area (Å²) in [6.45, 7) is 3.42. The Labute approximate surface area is 421 Å². The second-order valence-electron chi connectivity index (χ2n) is 18.7. The second-order valence-corrected chi connectivity index (χ2v) is 18.7. The molecular formula is C56H96O14. The third kappa shape index (κ3) is 29.8. The highest BCUT2D eigenvalue weighted by Crippen LogP contribution is 2.26. The molecule has 0 aromatic rings. The van der Waals surface area contributed by atoms with Crippen molar-refractivity contribution >= 4 is 5.97 Å². The summed E-state index contributed by atoms with van der Waals surface area (Å²) in [4.78, 5) is 13.0. The van der Waals surface area contributed by atoms with Gasteiger partial charge >= 0.3 is 5.97 Å². The minimum atomic E-state index is -1.72. The Balaban J connectivity index is 1.78. The predicted molar refractivity (Wildman–Crippen MR) is 275 cm³/mol. The second kappa shape index (κ2) is 42.9. The fraction of sp³-hybridized carbons (Fsp3) is 0.768. The highest BCUT2D eigenvalue weighted by molar-refractivity contribution is 5.69. The van der Waals surface area contributed by atoms with E-state index in [1.807, 2.05) is 0 Å². The van der Waals surface area contributed by atoms with E-state index in [-0.39, 0.29) is 19.6 Å². The van der Waals surface area contributed by atoms with E-state index in [0.717, 1.165) is 70.6 Å². The van der Waals surface area contributed by atoms with E-state index in [4.69, 9.17) is 28.4 Å². The number of aliphatic hydroxyl groups excluding tert-OH is 7. The highest BCUT2D eigenvalue weighted by Gasteiger charge is 2.47. The summed E-state index contributed by atoms with van der Waals surface area (Å²) >= 11 is 0. The van der Waals surface area contributed by atoms with Crippen LogP contribution in [0, 0.1) is 0 Å². The van der Waals surface area contributed by atoms with Gasteiger partial charge in [-0.05, 0) is 57.8 Å². The number of allylic oxidation sites excluding steroid dienone is 12. The molecule has 0 spiro atoms. The van der Waals surface area contributed by atoms with Crippen LogP contribution in [0.2, 0.25) is 0 Å². The number of aliphatic hydroxyl groups is 7. The SMILES string of the molecule is CC/C=C\C/C=C\C/C=C\C/C=C\C/C=C\C/C=C\CCCOCC(COC1OC(COC2OC(CO)C(O)C(O)C2O)C(O)C(O)C1O)OC(=O)CCCCCCCCCCCCCCCCCC. The molecule has 0 aromatic carbocycles. The molecule has 0 radical (unpaired) electrons. The van der Waals surface area contributed by atoms with Gasteiger partial charge in [0.2, 0.25) is 0 Å². The number of unbranched alkanes of at least 4 members (excludes halogenated alkanes) is 16. The Hall–Kier alpha value is -2.57. The molecule has 0 saturated carbocycles. The molecule has 11 unspecified atom stereocenters. The van der Waals surface area contributed by atoms with Crippen LogP contribution in [-0.2, 0) is 33.2 Å². The number of hydrogen-bond acceptors (Lipinski definition) is 14. The Kier molecular flexibility index (Phi) is 38.9. The molecule has 0 amide bonds. The van der Waals surface area contributed by atoms with Crippen LogP contribution in [0.1, 0.15) is 174 Å². The van der Waals surface area contributed by atoms with Crippen molar-refractivity contribution in [1.29, 1.82) is 0 Å². The van der Waals surface area contributed by atoms with Crippen LogP contribution in [0.3, 0.4) is 0 Å². The lowest BCUT2D eigenvalue weighted by Crippen LogP contribution is -2.61. The summed E-state index contributed by atoms with van der Waals surface area (Å²) in [7, 11) is 0. The number of ether oxygens (including phenoxy) is 6. The van der Waals surface area contributed by atoms with E-state index < -0.39 is 86.7 Å². The van der Waals surface area contributed by atoms with Crippen LogP contribution in [0.4, 0.5) is 0 Å². The Bertz CT molecular complexity index is 1430. The highest BCUT2D eigenvalue weighted by atomic mass is 16.7. The van der Waals surface area contributed by atoms with E-state index in [2.05, 4.69) is 86.8 Å². The number of carbonyl (C=O) groups excluding carboxylic acids is 1. The van der Waals surface area contributed by atoms with Gasteiger partial charge in [-0.2, -0.15) is 0 Å². The van der Waals surface area contributed by atoms with Crippen molar-refractivity contribution in [1.82, 2.24) is 0 Å². The van der Waals surface area contributed by atoms with Crippen LogP contribution in [0.25, 0.3) is 0 Å². The largest absolute Gasteiger partial charge is 0.457 e.